The number of amides is 1. The quantitative estimate of drug-likeness (QED) is 0.522. The van der Waals surface area contributed by atoms with E-state index in [0.29, 0.717) is 31.5 Å². The van der Waals surface area contributed by atoms with Gasteiger partial charge in [0.25, 0.3) is 0 Å². The maximum atomic E-state index is 13.5. The molecule has 1 aliphatic carbocycles. The molecule has 1 aromatic carbocycles. The Morgan fingerprint density at radius 2 is 1.92 bits per heavy atom. The number of piperidine rings is 1. The summed E-state index contributed by atoms with van der Waals surface area (Å²) in [5, 5.41) is 4.07. The van der Waals surface area contributed by atoms with Gasteiger partial charge in [-0.05, 0) is 67.7 Å². The molecule has 0 N–H and O–H groups in total. The van der Waals surface area contributed by atoms with Crippen molar-refractivity contribution >= 4 is 17.5 Å². The number of hydrogen-bond donors (Lipinski definition) is 0. The van der Waals surface area contributed by atoms with Gasteiger partial charge in [-0.2, -0.15) is 4.98 Å². The van der Waals surface area contributed by atoms with E-state index in [1.165, 1.54) is 11.1 Å². The third-order valence-electron chi connectivity index (χ3n) is 7.75. The highest BCUT2D eigenvalue weighted by Gasteiger charge is 2.31. The second-order valence-corrected chi connectivity index (χ2v) is 10.7. The van der Waals surface area contributed by atoms with Crippen molar-refractivity contribution in [2.24, 2.45) is 11.8 Å². The number of allylic oxidation sites excluding steroid dienone is 2. The van der Waals surface area contributed by atoms with Crippen LogP contribution in [0.1, 0.15) is 69.7 Å². The molecule has 36 heavy (non-hydrogen) atoms. The van der Waals surface area contributed by atoms with Crippen LogP contribution in [0.15, 0.2) is 34.9 Å². The highest BCUT2D eigenvalue weighted by atomic mass is 19.1. The van der Waals surface area contributed by atoms with Crippen LogP contribution < -0.4 is 9.64 Å². The second-order valence-electron chi connectivity index (χ2n) is 10.7. The average molecular weight is 497 g/mol. The van der Waals surface area contributed by atoms with Crippen LogP contribution in [-0.4, -0.2) is 59.9 Å². The lowest BCUT2D eigenvalue weighted by Gasteiger charge is -2.30. The molecule has 1 aromatic heterocycles. The Bertz CT molecular complexity index is 1060. The van der Waals surface area contributed by atoms with Gasteiger partial charge >= 0.3 is 6.01 Å². The van der Waals surface area contributed by atoms with E-state index in [9.17, 15) is 9.18 Å². The first-order valence-corrected chi connectivity index (χ1v) is 13.4. The Kier molecular flexibility index (Phi) is 7.58. The Hall–Kier alpha value is -2.90. The number of carbonyl (C=O) groups is 1. The molecule has 3 aliphatic rings. The fraction of sp³-hybridized carbons (Fsp3) is 0.607. The molecule has 2 aliphatic heterocycles. The zero-order valence-corrected chi connectivity index (χ0v) is 21.4. The summed E-state index contributed by atoms with van der Waals surface area (Å²) in [5.74, 6) is 2.53. The summed E-state index contributed by atoms with van der Waals surface area (Å²) in [4.78, 5) is 21.0. The van der Waals surface area contributed by atoms with Crippen LogP contribution in [0.3, 0.4) is 0 Å². The summed E-state index contributed by atoms with van der Waals surface area (Å²) < 4.78 is 25.0. The first kappa shape index (κ1) is 24.8. The zero-order valence-electron chi connectivity index (χ0n) is 21.4. The Morgan fingerprint density at radius 3 is 2.53 bits per heavy atom. The van der Waals surface area contributed by atoms with Crippen LogP contribution in [0.25, 0.3) is 5.57 Å². The molecule has 2 aromatic rings. The Morgan fingerprint density at radius 1 is 1.14 bits per heavy atom. The number of alkyl halides is 1. The number of anilines is 1. The van der Waals surface area contributed by atoms with E-state index in [-0.39, 0.29) is 24.3 Å². The van der Waals surface area contributed by atoms with Gasteiger partial charge in [0, 0.05) is 31.5 Å². The molecular formula is C28H37FN4O3. The minimum absolute atomic E-state index is 0.00911. The van der Waals surface area contributed by atoms with Gasteiger partial charge < -0.3 is 19.1 Å². The SMILES string of the molecule is CC(C)c1noc(N2CCC(COc3ccc(C4=CCC(C(=O)N5CC[C@H](F)C5)CC4)cc3)CC2)n1. The number of aromatic nitrogens is 2. The number of carbonyl (C=O) groups excluding carboxylic acids is 1. The molecule has 5 rings (SSSR count). The molecule has 194 valence electrons. The summed E-state index contributed by atoms with van der Waals surface area (Å²) in [7, 11) is 0. The van der Waals surface area contributed by atoms with Gasteiger partial charge in [-0.15, -0.1) is 0 Å². The van der Waals surface area contributed by atoms with Crippen molar-refractivity contribution in [3.63, 3.8) is 0 Å². The van der Waals surface area contributed by atoms with E-state index in [4.69, 9.17) is 9.26 Å². The second kappa shape index (κ2) is 11.0. The predicted molar refractivity (Wildman–Crippen MR) is 137 cm³/mol. The summed E-state index contributed by atoms with van der Waals surface area (Å²) in [6, 6.07) is 8.94. The standard InChI is InChI=1S/C28H37FN4O3/c1-19(2)26-30-28(36-31-26)32-14-11-20(12-15-32)18-35-25-9-7-22(8-10-25)21-3-5-23(6-4-21)27(34)33-16-13-24(29)17-33/h3,7-10,19-20,23-24H,4-6,11-18H2,1-2H3/t23?,24-/m0/s1. The number of benzene rings is 1. The van der Waals surface area contributed by atoms with Crippen molar-refractivity contribution in [1.82, 2.24) is 15.0 Å². The molecule has 1 unspecified atom stereocenters. The van der Waals surface area contributed by atoms with Crippen molar-refractivity contribution in [2.75, 3.05) is 37.7 Å². The molecule has 3 heterocycles. The van der Waals surface area contributed by atoms with Gasteiger partial charge in [0.15, 0.2) is 5.82 Å². The minimum atomic E-state index is -0.855. The maximum Gasteiger partial charge on any atom is 0.324 e. The van der Waals surface area contributed by atoms with E-state index < -0.39 is 6.17 Å². The van der Waals surface area contributed by atoms with Gasteiger partial charge in [-0.25, -0.2) is 4.39 Å². The predicted octanol–water partition coefficient (Wildman–Crippen LogP) is 5.24. The van der Waals surface area contributed by atoms with Gasteiger partial charge in [-0.3, -0.25) is 4.79 Å². The largest absolute Gasteiger partial charge is 0.493 e. The number of nitrogens with zero attached hydrogens (tertiary/aromatic N) is 4. The highest BCUT2D eigenvalue weighted by Crippen LogP contribution is 2.33. The molecule has 8 heteroatoms. The first-order chi connectivity index (χ1) is 17.5. The summed E-state index contributed by atoms with van der Waals surface area (Å²) in [6.07, 6.45) is 6.33. The van der Waals surface area contributed by atoms with E-state index in [1.807, 2.05) is 12.1 Å². The smallest absolute Gasteiger partial charge is 0.324 e. The third kappa shape index (κ3) is 5.73. The van der Waals surface area contributed by atoms with E-state index in [0.717, 1.165) is 56.8 Å². The van der Waals surface area contributed by atoms with E-state index >= 15 is 0 Å². The van der Waals surface area contributed by atoms with Crippen LogP contribution >= 0.6 is 0 Å². The molecule has 7 nitrogen and oxygen atoms in total. The fourth-order valence-electron chi connectivity index (χ4n) is 5.36. The van der Waals surface area contributed by atoms with Crippen LogP contribution in [0.2, 0.25) is 0 Å². The summed E-state index contributed by atoms with van der Waals surface area (Å²) >= 11 is 0. The molecule has 2 saturated heterocycles. The molecule has 2 fully saturated rings. The van der Waals surface area contributed by atoms with Gasteiger partial charge in [-0.1, -0.05) is 37.2 Å². The third-order valence-corrected chi connectivity index (χ3v) is 7.75. The summed E-state index contributed by atoms with van der Waals surface area (Å²) in [6.45, 7) is 7.46. The lowest BCUT2D eigenvalue weighted by molar-refractivity contribution is -0.134. The Labute approximate surface area is 212 Å². The number of likely N-dealkylation sites (tertiary alicyclic amines) is 1. The van der Waals surface area contributed by atoms with Crippen molar-refractivity contribution in [3.05, 3.63) is 41.7 Å². The monoisotopic (exact) mass is 496 g/mol. The molecule has 1 amide bonds. The van der Waals surface area contributed by atoms with Crippen LogP contribution in [0.5, 0.6) is 5.75 Å². The topological polar surface area (TPSA) is 71.7 Å². The van der Waals surface area contributed by atoms with Crippen LogP contribution in [0, 0.1) is 11.8 Å². The average Bonchev–Trinajstić information content (AvgIpc) is 3.58. The van der Waals surface area contributed by atoms with Crippen molar-refractivity contribution in [2.45, 2.75) is 64.5 Å². The number of hydrogen-bond acceptors (Lipinski definition) is 6. The van der Waals surface area contributed by atoms with Crippen molar-refractivity contribution in [1.29, 1.82) is 0 Å². The minimum Gasteiger partial charge on any atom is -0.493 e. The van der Waals surface area contributed by atoms with E-state index in [1.54, 1.807) is 4.90 Å². The molecule has 0 bridgehead atoms. The maximum absolute atomic E-state index is 13.5. The fourth-order valence-corrected chi connectivity index (χ4v) is 5.36. The molecule has 2 atom stereocenters. The molecule has 0 saturated carbocycles. The normalized spacial score (nSPS) is 23.3. The van der Waals surface area contributed by atoms with Crippen molar-refractivity contribution in [3.8, 4) is 5.75 Å². The Balaban J connectivity index is 1.06. The highest BCUT2D eigenvalue weighted by molar-refractivity contribution is 5.81. The van der Waals surface area contributed by atoms with Gasteiger partial charge in [0.1, 0.15) is 11.9 Å². The zero-order chi connectivity index (χ0) is 25.1. The lowest BCUT2D eigenvalue weighted by atomic mass is 9.86. The number of ether oxygens (including phenoxy) is 1. The van der Waals surface area contributed by atoms with Crippen molar-refractivity contribution < 1.29 is 18.4 Å². The lowest BCUT2D eigenvalue weighted by Crippen LogP contribution is -2.35. The molecular weight excluding hydrogens is 459 g/mol. The van der Waals surface area contributed by atoms with Crippen LogP contribution in [0.4, 0.5) is 10.4 Å². The number of halogens is 1. The van der Waals surface area contributed by atoms with Gasteiger partial charge in [0.2, 0.25) is 5.91 Å². The number of rotatable bonds is 7. The van der Waals surface area contributed by atoms with Crippen LogP contribution in [-0.2, 0) is 4.79 Å². The molecule has 0 spiro atoms. The molecule has 0 radical (unpaired) electrons. The summed E-state index contributed by atoms with van der Waals surface area (Å²) in [5.41, 5.74) is 2.47. The van der Waals surface area contributed by atoms with E-state index in [2.05, 4.69) is 47.1 Å². The first-order valence-electron chi connectivity index (χ1n) is 13.4. The van der Waals surface area contributed by atoms with Gasteiger partial charge in [0.05, 0.1) is 13.2 Å².